The molecule has 6 nitrogen and oxygen atoms in total. The van der Waals surface area contributed by atoms with Gasteiger partial charge in [-0.1, -0.05) is 53.0 Å². The third-order valence-electron chi connectivity index (χ3n) is 2.92. The molecule has 1 aromatic rings. The Labute approximate surface area is 147 Å². The van der Waals surface area contributed by atoms with Crippen LogP contribution in [0, 0.1) is 6.92 Å². The van der Waals surface area contributed by atoms with Crippen LogP contribution in [0.15, 0.2) is 29.3 Å². The Balaban J connectivity index is 0.000000816. The number of aryl methyl sites for hydroxylation is 1. The van der Waals surface area contributed by atoms with Crippen molar-refractivity contribution in [3.63, 3.8) is 0 Å². The van der Waals surface area contributed by atoms with Crippen LogP contribution >= 0.6 is 23.2 Å². The number of benzene rings is 1. The number of hydrogen-bond acceptors (Lipinski definition) is 6. The van der Waals surface area contributed by atoms with Gasteiger partial charge in [0.25, 0.3) is 0 Å². The minimum absolute atomic E-state index is 0.150. The van der Waals surface area contributed by atoms with Gasteiger partial charge in [-0.15, -0.1) is 0 Å². The Bertz CT molecular complexity index is 600. The smallest absolute Gasteiger partial charge is 0.335 e. The topological polar surface area (TPSA) is 82.0 Å². The van der Waals surface area contributed by atoms with Crippen LogP contribution in [-0.2, 0) is 25.8 Å². The van der Waals surface area contributed by atoms with Gasteiger partial charge >= 0.3 is 17.5 Å². The number of halogens is 2. The average Bonchev–Trinajstić information content (AvgIpc) is 2.94. The van der Waals surface area contributed by atoms with Gasteiger partial charge in [0.15, 0.2) is 17.0 Å². The van der Waals surface area contributed by atoms with Gasteiger partial charge < -0.3 is 9.47 Å². The molecular formula is C14H15Cl2NO5S. The number of nitrogens with zero attached hydrogens (tertiary/aromatic N) is 1. The van der Waals surface area contributed by atoms with E-state index in [1.165, 1.54) is 0 Å². The third-order valence-corrected chi connectivity index (χ3v) is 3.29. The SMILES string of the molecule is CCOC(=O)[C@H]1N=C(C(Cl)Cl)O[C@@H]1c1ccc(C)cc1.O=S=O. The maximum atomic E-state index is 12.0. The van der Waals surface area contributed by atoms with Gasteiger partial charge in [-0.2, -0.15) is 8.42 Å². The number of rotatable bonds is 4. The van der Waals surface area contributed by atoms with Gasteiger partial charge in [0.2, 0.25) is 5.90 Å². The number of esters is 1. The molecule has 9 heteroatoms. The molecule has 1 aliphatic rings. The average molecular weight is 380 g/mol. The second-order valence-electron chi connectivity index (χ2n) is 4.48. The van der Waals surface area contributed by atoms with Gasteiger partial charge in [-0.25, -0.2) is 9.79 Å². The third kappa shape index (κ3) is 5.60. The molecule has 0 aliphatic carbocycles. The number of carbonyl (C=O) groups is 1. The van der Waals surface area contributed by atoms with Crippen LogP contribution < -0.4 is 0 Å². The first-order chi connectivity index (χ1) is 10.9. The van der Waals surface area contributed by atoms with E-state index in [0.29, 0.717) is 0 Å². The van der Waals surface area contributed by atoms with Crippen molar-refractivity contribution in [3.8, 4) is 0 Å². The molecule has 0 unspecified atom stereocenters. The van der Waals surface area contributed by atoms with E-state index in [9.17, 15) is 4.79 Å². The van der Waals surface area contributed by atoms with E-state index in [1.54, 1.807) is 6.92 Å². The van der Waals surface area contributed by atoms with Gasteiger partial charge in [-0.3, -0.25) is 0 Å². The van der Waals surface area contributed by atoms with E-state index in [4.69, 9.17) is 41.1 Å². The van der Waals surface area contributed by atoms with Crippen LogP contribution in [0.5, 0.6) is 0 Å². The first kappa shape index (κ1) is 19.6. The molecule has 2 atom stereocenters. The quantitative estimate of drug-likeness (QED) is 0.592. The zero-order valence-corrected chi connectivity index (χ0v) is 14.7. The van der Waals surface area contributed by atoms with Crippen LogP contribution in [-0.4, -0.2) is 37.8 Å². The fourth-order valence-corrected chi connectivity index (χ4v) is 2.16. The molecule has 1 aliphatic heterocycles. The molecule has 0 aromatic heterocycles. The lowest BCUT2D eigenvalue weighted by atomic mass is 10.0. The van der Waals surface area contributed by atoms with Gasteiger partial charge in [0.1, 0.15) is 0 Å². The minimum atomic E-state index is -0.901. The second-order valence-corrected chi connectivity index (χ2v) is 5.71. The van der Waals surface area contributed by atoms with Gasteiger partial charge in [0.05, 0.1) is 6.61 Å². The second kappa shape index (κ2) is 9.64. The highest BCUT2D eigenvalue weighted by Crippen LogP contribution is 2.32. The molecule has 2 rings (SSSR count). The Morgan fingerprint density at radius 1 is 1.35 bits per heavy atom. The minimum Gasteiger partial charge on any atom is -0.468 e. The number of carbonyl (C=O) groups excluding carboxylic acids is 1. The molecule has 0 bridgehead atoms. The summed E-state index contributed by atoms with van der Waals surface area (Å²) in [6.45, 7) is 4.01. The molecule has 126 valence electrons. The van der Waals surface area contributed by atoms with Crippen molar-refractivity contribution in [3.05, 3.63) is 35.4 Å². The van der Waals surface area contributed by atoms with Crippen LogP contribution in [0.25, 0.3) is 0 Å². The van der Waals surface area contributed by atoms with Crippen LogP contribution in [0.4, 0.5) is 0 Å². The molecular weight excluding hydrogens is 365 g/mol. The van der Waals surface area contributed by atoms with Crippen molar-refractivity contribution in [1.29, 1.82) is 0 Å². The van der Waals surface area contributed by atoms with Crippen molar-refractivity contribution in [2.24, 2.45) is 4.99 Å². The Kier molecular flexibility index (Phi) is 8.22. The largest absolute Gasteiger partial charge is 0.468 e. The Morgan fingerprint density at radius 3 is 2.39 bits per heavy atom. The summed E-state index contributed by atoms with van der Waals surface area (Å²) in [5.74, 6) is -0.293. The van der Waals surface area contributed by atoms with E-state index in [0.717, 1.165) is 11.1 Å². The zero-order chi connectivity index (χ0) is 17.4. The van der Waals surface area contributed by atoms with E-state index in [2.05, 4.69) is 4.99 Å². The lowest BCUT2D eigenvalue weighted by molar-refractivity contribution is -0.146. The van der Waals surface area contributed by atoms with Gasteiger partial charge in [-0.05, 0) is 19.4 Å². The number of ether oxygens (including phenoxy) is 2. The first-order valence-corrected chi connectivity index (χ1v) is 8.16. The van der Waals surface area contributed by atoms with Crippen LogP contribution in [0.1, 0.15) is 24.2 Å². The summed E-state index contributed by atoms with van der Waals surface area (Å²) in [5, 5.41) is 0. The normalized spacial score (nSPS) is 19.3. The van der Waals surface area contributed by atoms with Crippen LogP contribution in [0.3, 0.4) is 0 Å². The molecule has 0 radical (unpaired) electrons. The highest BCUT2D eigenvalue weighted by Gasteiger charge is 2.40. The number of hydrogen-bond donors (Lipinski definition) is 0. The summed E-state index contributed by atoms with van der Waals surface area (Å²) in [5.41, 5.74) is 1.95. The summed E-state index contributed by atoms with van der Waals surface area (Å²) in [6.07, 6.45) is -0.551. The molecule has 1 heterocycles. The number of alkyl halides is 2. The monoisotopic (exact) mass is 379 g/mol. The van der Waals surface area contributed by atoms with Crippen LogP contribution in [0.2, 0.25) is 0 Å². The molecule has 0 fully saturated rings. The summed E-state index contributed by atoms with van der Waals surface area (Å²) in [4.78, 5) is 15.2. The Hall–Kier alpha value is -1.44. The summed E-state index contributed by atoms with van der Waals surface area (Å²) >= 11 is 10.8. The van der Waals surface area contributed by atoms with Crippen molar-refractivity contribution in [2.45, 2.75) is 30.8 Å². The highest BCUT2D eigenvalue weighted by atomic mass is 35.5. The summed E-state index contributed by atoms with van der Waals surface area (Å²) in [7, 11) is 0. The molecule has 0 saturated heterocycles. The predicted molar refractivity (Wildman–Crippen MR) is 87.3 cm³/mol. The number of aliphatic imine (C=N–C) groups is 1. The first-order valence-electron chi connectivity index (χ1n) is 6.62. The lowest BCUT2D eigenvalue weighted by Gasteiger charge is -2.17. The van der Waals surface area contributed by atoms with E-state index < -0.39 is 34.5 Å². The fraction of sp³-hybridized carbons (Fsp3) is 0.429. The van der Waals surface area contributed by atoms with Crippen molar-refractivity contribution >= 4 is 46.6 Å². The highest BCUT2D eigenvalue weighted by molar-refractivity contribution is 7.51. The predicted octanol–water partition coefficient (Wildman–Crippen LogP) is 2.53. The molecule has 0 saturated carbocycles. The summed E-state index contributed by atoms with van der Waals surface area (Å²) < 4.78 is 27.2. The maximum absolute atomic E-state index is 12.0. The van der Waals surface area contributed by atoms with Gasteiger partial charge in [0, 0.05) is 0 Å². The maximum Gasteiger partial charge on any atom is 0.335 e. The standard InChI is InChI=1S/C14H15Cl2NO3.O2S/c1-3-19-14(18)10-11(20-13(17-10)12(15)16)9-6-4-8(2)5-7-9;1-3-2/h4-7,10-12H,3H2,1-2H3;/t10-,11+;/m0./s1. The molecule has 1 aromatic carbocycles. The molecule has 23 heavy (non-hydrogen) atoms. The lowest BCUT2D eigenvalue weighted by Crippen LogP contribution is -2.26. The van der Waals surface area contributed by atoms with E-state index in [1.807, 2.05) is 31.2 Å². The summed E-state index contributed by atoms with van der Waals surface area (Å²) in [6, 6.07) is 6.90. The van der Waals surface area contributed by atoms with E-state index >= 15 is 0 Å². The van der Waals surface area contributed by atoms with Crippen molar-refractivity contribution < 1.29 is 22.7 Å². The van der Waals surface area contributed by atoms with Crippen molar-refractivity contribution in [1.82, 2.24) is 0 Å². The Morgan fingerprint density at radius 2 is 1.91 bits per heavy atom. The molecule has 0 N–H and O–H groups in total. The zero-order valence-electron chi connectivity index (χ0n) is 12.4. The fourth-order valence-electron chi connectivity index (χ4n) is 1.95. The molecule has 0 spiro atoms. The van der Waals surface area contributed by atoms with E-state index in [-0.39, 0.29) is 12.5 Å². The molecule has 0 amide bonds. The van der Waals surface area contributed by atoms with Crippen molar-refractivity contribution in [2.75, 3.05) is 6.61 Å².